The summed E-state index contributed by atoms with van der Waals surface area (Å²) in [6, 6.07) is 15.1. The number of pyridine rings is 1. The standard InChI is InChI=1S/C30H27FN2O4S/c1-33(2)14-6-8-24-19-26-30(38-24)29(12-13-32-26)37-28-11-10-20(16-25(28)31)15-22(34)18-23(35)17-21-7-4-5-9-27(21)36-3/h4-5,7,9-13,16,19H,14-15,17-18H2,1-3H3. The van der Waals surface area contributed by atoms with Gasteiger partial charge < -0.3 is 9.47 Å². The highest BCUT2D eigenvalue weighted by atomic mass is 32.1. The number of hydrogen-bond donors (Lipinski definition) is 0. The number of aromatic nitrogens is 1. The Morgan fingerprint density at radius 3 is 2.55 bits per heavy atom. The average Bonchev–Trinajstić information content (AvgIpc) is 3.29. The Kier molecular flexibility index (Phi) is 8.85. The Labute approximate surface area is 225 Å². The van der Waals surface area contributed by atoms with Crippen LogP contribution in [0.2, 0.25) is 0 Å². The third-order valence-electron chi connectivity index (χ3n) is 5.57. The van der Waals surface area contributed by atoms with Crippen LogP contribution in [0.1, 0.15) is 22.4 Å². The molecule has 4 aromatic rings. The Bertz CT molecular complexity index is 1530. The molecule has 0 unspecified atom stereocenters. The van der Waals surface area contributed by atoms with Crippen LogP contribution >= 0.6 is 11.3 Å². The average molecular weight is 531 g/mol. The van der Waals surface area contributed by atoms with Gasteiger partial charge in [-0.2, -0.15) is 0 Å². The van der Waals surface area contributed by atoms with Gasteiger partial charge in [0.2, 0.25) is 0 Å². The first kappa shape index (κ1) is 27.0. The minimum Gasteiger partial charge on any atom is -0.496 e. The van der Waals surface area contributed by atoms with Crippen molar-refractivity contribution in [2.24, 2.45) is 0 Å². The van der Waals surface area contributed by atoms with Crippen molar-refractivity contribution in [1.82, 2.24) is 9.88 Å². The van der Waals surface area contributed by atoms with E-state index in [1.807, 2.05) is 37.2 Å². The van der Waals surface area contributed by atoms with Crippen LogP contribution in [-0.2, 0) is 22.4 Å². The zero-order valence-corrected chi connectivity index (χ0v) is 22.2. The van der Waals surface area contributed by atoms with Gasteiger partial charge in [-0.15, -0.1) is 11.3 Å². The summed E-state index contributed by atoms with van der Waals surface area (Å²) in [4.78, 5) is 32.1. The summed E-state index contributed by atoms with van der Waals surface area (Å²) in [6.07, 6.45) is 1.43. The van der Waals surface area contributed by atoms with Gasteiger partial charge >= 0.3 is 0 Å². The van der Waals surface area contributed by atoms with Crippen LogP contribution in [0.25, 0.3) is 10.2 Å². The molecule has 0 spiro atoms. The number of hydrogen-bond acceptors (Lipinski definition) is 7. The molecular weight excluding hydrogens is 503 g/mol. The number of fused-ring (bicyclic) bond motifs is 1. The van der Waals surface area contributed by atoms with Crippen molar-refractivity contribution in [3.63, 3.8) is 0 Å². The van der Waals surface area contributed by atoms with E-state index in [0.29, 0.717) is 23.6 Å². The molecule has 0 saturated carbocycles. The number of halogens is 1. The molecule has 0 aliphatic carbocycles. The summed E-state index contributed by atoms with van der Waals surface area (Å²) in [5.74, 6) is 6.24. The molecule has 4 rings (SSSR count). The maximum Gasteiger partial charge on any atom is 0.166 e. The van der Waals surface area contributed by atoms with Crippen LogP contribution in [0.4, 0.5) is 4.39 Å². The number of ether oxygens (including phenoxy) is 2. The summed E-state index contributed by atoms with van der Waals surface area (Å²) in [5, 5.41) is 0. The van der Waals surface area contributed by atoms with Crippen molar-refractivity contribution in [1.29, 1.82) is 0 Å². The number of methoxy groups -OCH3 is 1. The first-order valence-corrected chi connectivity index (χ1v) is 12.8. The van der Waals surface area contributed by atoms with E-state index < -0.39 is 5.82 Å². The number of para-hydroxylation sites is 1. The predicted molar refractivity (Wildman–Crippen MR) is 147 cm³/mol. The molecule has 2 aromatic heterocycles. The van der Waals surface area contributed by atoms with E-state index in [2.05, 4.69) is 16.8 Å². The fraction of sp³-hybridized carbons (Fsp3) is 0.233. The molecule has 2 heterocycles. The van der Waals surface area contributed by atoms with Gasteiger partial charge in [0.15, 0.2) is 11.6 Å². The van der Waals surface area contributed by atoms with Gasteiger partial charge in [-0.3, -0.25) is 19.5 Å². The lowest BCUT2D eigenvalue weighted by molar-refractivity contribution is -0.126. The van der Waals surface area contributed by atoms with Crippen molar-refractivity contribution in [3.05, 3.63) is 82.6 Å². The summed E-state index contributed by atoms with van der Waals surface area (Å²) in [6.45, 7) is 0.640. The number of carbonyl (C=O) groups excluding carboxylic acids is 2. The van der Waals surface area contributed by atoms with Crippen molar-refractivity contribution in [2.45, 2.75) is 19.3 Å². The van der Waals surface area contributed by atoms with Crippen molar-refractivity contribution < 1.29 is 23.5 Å². The van der Waals surface area contributed by atoms with Crippen LogP contribution in [-0.4, -0.2) is 49.2 Å². The van der Waals surface area contributed by atoms with Crippen LogP contribution in [0.15, 0.2) is 60.8 Å². The van der Waals surface area contributed by atoms with Gasteiger partial charge in [0, 0.05) is 30.7 Å². The van der Waals surface area contributed by atoms with Crippen LogP contribution in [0, 0.1) is 17.7 Å². The maximum absolute atomic E-state index is 14.9. The molecule has 0 radical (unpaired) electrons. The zero-order valence-electron chi connectivity index (χ0n) is 21.4. The molecule has 0 saturated heterocycles. The van der Waals surface area contributed by atoms with Gasteiger partial charge in [0.05, 0.1) is 35.2 Å². The molecule has 0 amide bonds. The number of ketones is 2. The highest BCUT2D eigenvalue weighted by Crippen LogP contribution is 2.35. The molecule has 0 bridgehead atoms. The normalized spacial score (nSPS) is 10.8. The van der Waals surface area contributed by atoms with E-state index in [0.717, 1.165) is 20.7 Å². The van der Waals surface area contributed by atoms with E-state index >= 15 is 0 Å². The summed E-state index contributed by atoms with van der Waals surface area (Å²) in [5.41, 5.74) is 1.92. The quantitative estimate of drug-likeness (QED) is 0.200. The monoisotopic (exact) mass is 530 g/mol. The van der Waals surface area contributed by atoms with Crippen LogP contribution in [0.3, 0.4) is 0 Å². The SMILES string of the molecule is COc1ccccc1CC(=O)CC(=O)Cc1ccc(Oc2ccnc3cc(C#CCN(C)C)sc23)c(F)c1. The smallest absolute Gasteiger partial charge is 0.166 e. The molecule has 38 heavy (non-hydrogen) atoms. The summed E-state index contributed by atoms with van der Waals surface area (Å²) in [7, 11) is 5.44. The molecule has 0 N–H and O–H groups in total. The third kappa shape index (κ3) is 7.03. The zero-order chi connectivity index (χ0) is 27.1. The van der Waals surface area contributed by atoms with Crippen molar-refractivity contribution >= 4 is 33.1 Å². The maximum atomic E-state index is 14.9. The van der Waals surface area contributed by atoms with Gasteiger partial charge in [-0.1, -0.05) is 36.1 Å². The molecule has 2 aromatic carbocycles. The molecule has 8 heteroatoms. The number of benzene rings is 2. The van der Waals surface area contributed by atoms with E-state index in [1.54, 1.807) is 30.5 Å². The Morgan fingerprint density at radius 2 is 1.79 bits per heavy atom. The van der Waals surface area contributed by atoms with Gasteiger partial charge in [-0.05, 0) is 43.9 Å². The van der Waals surface area contributed by atoms with E-state index in [4.69, 9.17) is 9.47 Å². The molecule has 194 valence electrons. The van der Waals surface area contributed by atoms with E-state index in [1.165, 1.54) is 30.6 Å². The Morgan fingerprint density at radius 1 is 1.00 bits per heavy atom. The molecule has 0 atom stereocenters. The van der Waals surface area contributed by atoms with Gasteiger partial charge in [-0.25, -0.2) is 4.39 Å². The Hall–Kier alpha value is -4.06. The highest BCUT2D eigenvalue weighted by Gasteiger charge is 2.16. The second-order valence-corrected chi connectivity index (χ2v) is 10.0. The number of rotatable bonds is 10. The molecule has 0 aliphatic rings. The number of nitrogens with zero attached hydrogens (tertiary/aromatic N) is 2. The second-order valence-electron chi connectivity index (χ2n) is 8.96. The lowest BCUT2D eigenvalue weighted by Gasteiger charge is -2.09. The topological polar surface area (TPSA) is 68.7 Å². The minimum atomic E-state index is -0.594. The molecule has 0 fully saturated rings. The first-order chi connectivity index (χ1) is 18.3. The van der Waals surface area contributed by atoms with Crippen molar-refractivity contribution in [3.8, 4) is 29.1 Å². The summed E-state index contributed by atoms with van der Waals surface area (Å²) < 4.78 is 26.8. The lowest BCUT2D eigenvalue weighted by atomic mass is 10.0. The number of thiophene rings is 1. The fourth-order valence-electron chi connectivity index (χ4n) is 3.83. The largest absolute Gasteiger partial charge is 0.496 e. The highest BCUT2D eigenvalue weighted by molar-refractivity contribution is 7.19. The number of carbonyl (C=O) groups is 2. The minimum absolute atomic E-state index is 0.0367. The number of Topliss-reactive ketones (excluding diaryl/α,β-unsaturated/α-hetero) is 2. The third-order valence-corrected chi connectivity index (χ3v) is 6.63. The van der Waals surface area contributed by atoms with Gasteiger partial charge in [0.1, 0.15) is 23.1 Å². The molecular formula is C30H27FN2O4S. The van der Waals surface area contributed by atoms with Crippen LogP contribution < -0.4 is 9.47 Å². The second kappa shape index (κ2) is 12.5. The van der Waals surface area contributed by atoms with Crippen molar-refractivity contribution in [2.75, 3.05) is 27.7 Å². The van der Waals surface area contributed by atoms with Gasteiger partial charge in [0.25, 0.3) is 0 Å². The Balaban J connectivity index is 1.40. The summed E-state index contributed by atoms with van der Waals surface area (Å²) >= 11 is 1.43. The molecule has 0 aliphatic heterocycles. The fourth-order valence-corrected chi connectivity index (χ4v) is 4.77. The lowest BCUT2D eigenvalue weighted by Crippen LogP contribution is -2.13. The predicted octanol–water partition coefficient (Wildman–Crippen LogP) is 5.46. The first-order valence-electron chi connectivity index (χ1n) is 12.0. The van der Waals surface area contributed by atoms with E-state index in [-0.39, 0.29) is 36.6 Å². The molecule has 6 nitrogen and oxygen atoms in total. The van der Waals surface area contributed by atoms with E-state index in [9.17, 15) is 14.0 Å². The van der Waals surface area contributed by atoms with Crippen LogP contribution in [0.5, 0.6) is 17.2 Å².